The van der Waals surface area contributed by atoms with Gasteiger partial charge in [-0.1, -0.05) is 12.1 Å². The number of ether oxygens (including phenoxy) is 2. The van der Waals surface area contributed by atoms with Gasteiger partial charge in [0.15, 0.2) is 11.5 Å². The number of hydrogen-bond acceptors (Lipinski definition) is 6. The molecule has 1 aliphatic heterocycles. The molecule has 9 heteroatoms. The fraction of sp³-hybridized carbons (Fsp3) is 0.353. The molecule has 1 unspecified atom stereocenters. The van der Waals surface area contributed by atoms with Gasteiger partial charge in [0.25, 0.3) is 10.0 Å². The Morgan fingerprint density at radius 2 is 1.96 bits per heavy atom. The molecule has 0 saturated heterocycles. The number of amides is 1. The molecule has 2 N–H and O–H groups in total. The monoisotopic (exact) mass is 396 g/mol. The van der Waals surface area contributed by atoms with Gasteiger partial charge in [0, 0.05) is 0 Å². The first-order chi connectivity index (χ1) is 12.2. The molecule has 0 fully saturated rings. The summed E-state index contributed by atoms with van der Waals surface area (Å²) in [7, 11) is -3.72. The van der Waals surface area contributed by atoms with Crippen LogP contribution in [0, 0.1) is 0 Å². The SMILES string of the molecule is CC(NS(=O)(=O)c1cccs1)C(=O)NC(C)(C)c1ccc2c(c1)OCO2. The predicted octanol–water partition coefficient (Wildman–Crippen LogP) is 2.20. The van der Waals surface area contributed by atoms with Crippen LogP contribution in [0.15, 0.2) is 39.9 Å². The molecule has 2 aromatic rings. The van der Waals surface area contributed by atoms with Crippen molar-refractivity contribution in [2.24, 2.45) is 0 Å². The Morgan fingerprint density at radius 3 is 2.65 bits per heavy atom. The maximum atomic E-state index is 12.5. The van der Waals surface area contributed by atoms with E-state index < -0.39 is 27.5 Å². The minimum Gasteiger partial charge on any atom is -0.454 e. The Labute approximate surface area is 156 Å². The Bertz CT molecular complexity index is 907. The van der Waals surface area contributed by atoms with Crippen molar-refractivity contribution < 1.29 is 22.7 Å². The van der Waals surface area contributed by atoms with Crippen molar-refractivity contribution in [3.63, 3.8) is 0 Å². The molecule has 26 heavy (non-hydrogen) atoms. The van der Waals surface area contributed by atoms with Gasteiger partial charge in [0.2, 0.25) is 12.7 Å². The number of carbonyl (C=O) groups is 1. The molecule has 0 radical (unpaired) electrons. The Morgan fingerprint density at radius 1 is 1.23 bits per heavy atom. The number of benzene rings is 1. The fourth-order valence-electron chi connectivity index (χ4n) is 2.53. The molecule has 1 atom stereocenters. The quantitative estimate of drug-likeness (QED) is 0.781. The molecule has 0 spiro atoms. The van der Waals surface area contributed by atoms with Gasteiger partial charge in [-0.05, 0) is 49.9 Å². The van der Waals surface area contributed by atoms with E-state index in [2.05, 4.69) is 10.0 Å². The van der Waals surface area contributed by atoms with E-state index in [-0.39, 0.29) is 11.0 Å². The number of sulfonamides is 1. The molecule has 1 amide bonds. The van der Waals surface area contributed by atoms with Crippen molar-refractivity contribution in [2.75, 3.05) is 6.79 Å². The van der Waals surface area contributed by atoms with Gasteiger partial charge < -0.3 is 14.8 Å². The van der Waals surface area contributed by atoms with E-state index in [0.717, 1.165) is 16.9 Å². The Balaban J connectivity index is 1.70. The van der Waals surface area contributed by atoms with Gasteiger partial charge in [-0.25, -0.2) is 8.42 Å². The highest BCUT2D eigenvalue weighted by molar-refractivity contribution is 7.91. The van der Waals surface area contributed by atoms with Crippen molar-refractivity contribution in [3.05, 3.63) is 41.3 Å². The summed E-state index contributed by atoms with van der Waals surface area (Å²) in [5.74, 6) is 0.858. The van der Waals surface area contributed by atoms with Crippen molar-refractivity contribution in [3.8, 4) is 11.5 Å². The zero-order valence-electron chi connectivity index (χ0n) is 14.6. The van der Waals surface area contributed by atoms with E-state index in [1.54, 1.807) is 17.5 Å². The highest BCUT2D eigenvalue weighted by Crippen LogP contribution is 2.35. The predicted molar refractivity (Wildman–Crippen MR) is 97.8 cm³/mol. The van der Waals surface area contributed by atoms with E-state index in [9.17, 15) is 13.2 Å². The van der Waals surface area contributed by atoms with Crippen LogP contribution in [-0.4, -0.2) is 27.2 Å². The first kappa shape index (κ1) is 18.7. The lowest BCUT2D eigenvalue weighted by atomic mass is 9.93. The number of carbonyl (C=O) groups excluding carboxylic acids is 1. The molecule has 3 rings (SSSR count). The number of nitrogens with one attached hydrogen (secondary N) is 2. The maximum absolute atomic E-state index is 12.5. The molecule has 2 heterocycles. The molecular formula is C17H20N2O5S2. The summed E-state index contributed by atoms with van der Waals surface area (Å²) in [5, 5.41) is 4.54. The van der Waals surface area contributed by atoms with Gasteiger partial charge >= 0.3 is 0 Å². The van der Waals surface area contributed by atoms with Crippen LogP contribution in [0.3, 0.4) is 0 Å². The second kappa shape index (κ2) is 6.90. The van der Waals surface area contributed by atoms with E-state index in [1.165, 1.54) is 13.0 Å². The molecule has 7 nitrogen and oxygen atoms in total. The van der Waals surface area contributed by atoms with E-state index in [0.29, 0.717) is 11.5 Å². The van der Waals surface area contributed by atoms with E-state index in [1.807, 2.05) is 26.0 Å². The molecule has 0 bridgehead atoms. The summed E-state index contributed by atoms with van der Waals surface area (Å²) in [5.41, 5.74) is 0.101. The summed E-state index contributed by atoms with van der Waals surface area (Å²) in [4.78, 5) is 12.5. The summed E-state index contributed by atoms with van der Waals surface area (Å²) < 4.78 is 37.8. The van der Waals surface area contributed by atoms with Crippen LogP contribution in [-0.2, 0) is 20.4 Å². The van der Waals surface area contributed by atoms with Crippen LogP contribution < -0.4 is 19.5 Å². The number of rotatable bonds is 6. The lowest BCUT2D eigenvalue weighted by molar-refractivity contribution is -0.124. The van der Waals surface area contributed by atoms with E-state index in [4.69, 9.17) is 9.47 Å². The standard InChI is InChI=1S/C17H20N2O5S2/c1-11(19-26(21,22)15-5-4-8-25-15)16(20)18-17(2,3)12-6-7-13-14(9-12)24-10-23-13/h4-9,11,19H,10H2,1-3H3,(H,18,20). The molecule has 1 aliphatic rings. The first-order valence-corrected chi connectivity index (χ1v) is 10.3. The topological polar surface area (TPSA) is 93.7 Å². The average molecular weight is 396 g/mol. The van der Waals surface area contributed by atoms with Crippen LogP contribution >= 0.6 is 11.3 Å². The number of fused-ring (bicyclic) bond motifs is 1. The lowest BCUT2D eigenvalue weighted by Gasteiger charge is -2.28. The third-order valence-electron chi connectivity index (χ3n) is 4.02. The molecule has 0 saturated carbocycles. The van der Waals surface area contributed by atoms with Crippen molar-refractivity contribution in [2.45, 2.75) is 36.6 Å². The highest BCUT2D eigenvalue weighted by Gasteiger charge is 2.29. The minimum atomic E-state index is -3.72. The Hall–Kier alpha value is -2.10. The van der Waals surface area contributed by atoms with E-state index >= 15 is 0 Å². The molecule has 1 aromatic heterocycles. The molecule has 1 aromatic carbocycles. The van der Waals surface area contributed by atoms with Crippen molar-refractivity contribution in [1.82, 2.24) is 10.0 Å². The van der Waals surface area contributed by atoms with Crippen LogP contribution in [0.25, 0.3) is 0 Å². The largest absolute Gasteiger partial charge is 0.454 e. The second-order valence-electron chi connectivity index (χ2n) is 6.46. The number of thiophene rings is 1. The summed E-state index contributed by atoms with van der Waals surface area (Å²) in [6.45, 7) is 5.36. The maximum Gasteiger partial charge on any atom is 0.250 e. The molecule has 0 aliphatic carbocycles. The smallest absolute Gasteiger partial charge is 0.250 e. The van der Waals surface area contributed by atoms with Gasteiger partial charge in [-0.3, -0.25) is 4.79 Å². The lowest BCUT2D eigenvalue weighted by Crippen LogP contribution is -2.50. The highest BCUT2D eigenvalue weighted by atomic mass is 32.2. The zero-order valence-corrected chi connectivity index (χ0v) is 16.2. The molecule has 140 valence electrons. The first-order valence-electron chi connectivity index (χ1n) is 7.97. The summed E-state index contributed by atoms with van der Waals surface area (Å²) in [6, 6.07) is 7.66. The van der Waals surface area contributed by atoms with Gasteiger partial charge in [-0.2, -0.15) is 4.72 Å². The van der Waals surface area contributed by atoms with Crippen LogP contribution in [0.4, 0.5) is 0 Å². The van der Waals surface area contributed by atoms with Crippen LogP contribution in [0.5, 0.6) is 11.5 Å². The zero-order chi connectivity index (χ0) is 18.9. The van der Waals surface area contributed by atoms with Crippen molar-refractivity contribution >= 4 is 27.3 Å². The third-order valence-corrected chi connectivity index (χ3v) is 6.95. The van der Waals surface area contributed by atoms with Gasteiger partial charge in [-0.15, -0.1) is 11.3 Å². The Kier molecular flexibility index (Phi) is 4.96. The van der Waals surface area contributed by atoms with Crippen molar-refractivity contribution in [1.29, 1.82) is 0 Å². The van der Waals surface area contributed by atoms with Crippen LogP contribution in [0.1, 0.15) is 26.3 Å². The second-order valence-corrected chi connectivity index (χ2v) is 9.35. The normalized spacial score (nSPS) is 14.9. The third kappa shape index (κ3) is 3.84. The number of hydrogen-bond donors (Lipinski definition) is 2. The summed E-state index contributed by atoms with van der Waals surface area (Å²) in [6.07, 6.45) is 0. The fourth-order valence-corrected chi connectivity index (χ4v) is 4.75. The minimum absolute atomic E-state index is 0.173. The average Bonchev–Trinajstić information content (AvgIpc) is 3.25. The molecular weight excluding hydrogens is 376 g/mol. The summed E-state index contributed by atoms with van der Waals surface area (Å²) >= 11 is 1.10. The van der Waals surface area contributed by atoms with Crippen LogP contribution in [0.2, 0.25) is 0 Å². The van der Waals surface area contributed by atoms with Gasteiger partial charge in [0.1, 0.15) is 4.21 Å². The van der Waals surface area contributed by atoms with Gasteiger partial charge in [0.05, 0.1) is 11.6 Å².